The molecule has 0 saturated carbocycles. The van der Waals surface area contributed by atoms with Crippen molar-refractivity contribution in [3.63, 3.8) is 0 Å². The second kappa shape index (κ2) is 8.47. The van der Waals surface area contributed by atoms with Gasteiger partial charge in [0.25, 0.3) is 0 Å². The predicted octanol–water partition coefficient (Wildman–Crippen LogP) is 3.13. The summed E-state index contributed by atoms with van der Waals surface area (Å²) < 4.78 is 21.8. The maximum absolute atomic E-state index is 12.7. The highest BCUT2D eigenvalue weighted by Crippen LogP contribution is 2.34. The van der Waals surface area contributed by atoms with Gasteiger partial charge in [0.15, 0.2) is 5.69 Å². The van der Waals surface area contributed by atoms with E-state index in [0.29, 0.717) is 22.7 Å². The number of hydrogen-bond donors (Lipinski definition) is 0. The third-order valence-electron chi connectivity index (χ3n) is 4.28. The highest BCUT2D eigenvalue weighted by Gasteiger charge is 2.31. The number of para-hydroxylation sites is 1. The van der Waals surface area contributed by atoms with E-state index in [0.717, 1.165) is 0 Å². The molecule has 0 amide bonds. The van der Waals surface area contributed by atoms with Gasteiger partial charge in [0, 0.05) is 11.6 Å². The fourth-order valence-corrected chi connectivity index (χ4v) is 2.90. The van der Waals surface area contributed by atoms with Gasteiger partial charge >= 0.3 is 11.9 Å². The number of methoxy groups -OCH3 is 4. The van der Waals surface area contributed by atoms with Crippen molar-refractivity contribution in [2.45, 2.75) is 0 Å². The van der Waals surface area contributed by atoms with E-state index in [1.807, 2.05) is 6.07 Å². The minimum absolute atomic E-state index is 0.0153. The lowest BCUT2D eigenvalue weighted by atomic mass is 10.0. The van der Waals surface area contributed by atoms with Crippen LogP contribution in [0, 0.1) is 0 Å². The molecule has 0 aliphatic carbocycles. The normalized spacial score (nSPS) is 10.3. The van der Waals surface area contributed by atoms with E-state index in [4.69, 9.17) is 18.9 Å². The van der Waals surface area contributed by atoms with Crippen molar-refractivity contribution in [1.82, 2.24) is 9.78 Å². The molecular formula is C21H20N2O6. The number of hydrogen-bond acceptors (Lipinski definition) is 7. The zero-order valence-electron chi connectivity index (χ0n) is 16.5. The van der Waals surface area contributed by atoms with Crippen LogP contribution in [-0.2, 0) is 9.47 Å². The molecular weight excluding hydrogens is 376 g/mol. The van der Waals surface area contributed by atoms with Gasteiger partial charge in [-0.3, -0.25) is 0 Å². The molecule has 0 aliphatic rings. The zero-order valence-corrected chi connectivity index (χ0v) is 16.5. The lowest BCUT2D eigenvalue weighted by Crippen LogP contribution is -2.15. The molecule has 0 spiro atoms. The second-order valence-corrected chi connectivity index (χ2v) is 5.90. The van der Waals surface area contributed by atoms with E-state index in [2.05, 4.69) is 5.10 Å². The minimum Gasteiger partial charge on any atom is -0.497 e. The summed E-state index contributed by atoms with van der Waals surface area (Å²) in [6, 6.07) is 14.0. The molecule has 150 valence electrons. The lowest BCUT2D eigenvalue weighted by Gasteiger charge is -2.08. The van der Waals surface area contributed by atoms with Crippen molar-refractivity contribution in [3.8, 4) is 28.4 Å². The van der Waals surface area contributed by atoms with Gasteiger partial charge < -0.3 is 18.9 Å². The van der Waals surface area contributed by atoms with E-state index >= 15 is 0 Å². The van der Waals surface area contributed by atoms with Crippen LogP contribution in [0.2, 0.25) is 0 Å². The minimum atomic E-state index is -0.720. The number of rotatable bonds is 6. The molecule has 0 fully saturated rings. The fraction of sp³-hybridized carbons (Fsp3) is 0.190. The van der Waals surface area contributed by atoms with Crippen LogP contribution >= 0.6 is 0 Å². The summed E-state index contributed by atoms with van der Waals surface area (Å²) in [7, 11) is 5.50. The predicted molar refractivity (Wildman–Crippen MR) is 105 cm³/mol. The van der Waals surface area contributed by atoms with Crippen LogP contribution in [0.25, 0.3) is 16.9 Å². The SMILES string of the molecule is COC(=O)c1c(-c2cc(OC)cc(OC)c2)nn(-c2ccccc2)c1C(=O)OC. The van der Waals surface area contributed by atoms with Crippen molar-refractivity contribution in [2.75, 3.05) is 28.4 Å². The molecule has 3 aromatic rings. The van der Waals surface area contributed by atoms with Crippen LogP contribution in [0.3, 0.4) is 0 Å². The summed E-state index contributed by atoms with van der Waals surface area (Å²) in [6.45, 7) is 0. The summed E-state index contributed by atoms with van der Waals surface area (Å²) >= 11 is 0. The Morgan fingerprint density at radius 2 is 1.41 bits per heavy atom. The van der Waals surface area contributed by atoms with Gasteiger partial charge in [-0.1, -0.05) is 18.2 Å². The molecule has 0 N–H and O–H groups in total. The van der Waals surface area contributed by atoms with Crippen molar-refractivity contribution < 1.29 is 28.5 Å². The monoisotopic (exact) mass is 396 g/mol. The quantitative estimate of drug-likeness (QED) is 0.592. The van der Waals surface area contributed by atoms with Crippen LogP contribution in [0.4, 0.5) is 0 Å². The average Bonchev–Trinajstić information content (AvgIpc) is 3.18. The van der Waals surface area contributed by atoms with E-state index in [-0.39, 0.29) is 17.0 Å². The molecule has 0 atom stereocenters. The van der Waals surface area contributed by atoms with Crippen LogP contribution in [0.1, 0.15) is 20.8 Å². The van der Waals surface area contributed by atoms with E-state index in [9.17, 15) is 9.59 Å². The Kier molecular flexibility index (Phi) is 5.82. The first-order valence-corrected chi connectivity index (χ1v) is 8.62. The summed E-state index contributed by atoms with van der Waals surface area (Å²) in [5, 5.41) is 4.54. The Morgan fingerprint density at radius 1 is 0.828 bits per heavy atom. The first kappa shape index (κ1) is 19.9. The summed E-state index contributed by atoms with van der Waals surface area (Å²) in [5.74, 6) is -0.430. The summed E-state index contributed by atoms with van der Waals surface area (Å²) in [6.07, 6.45) is 0. The lowest BCUT2D eigenvalue weighted by molar-refractivity contribution is 0.0549. The third kappa shape index (κ3) is 3.77. The maximum atomic E-state index is 12.7. The zero-order chi connectivity index (χ0) is 21.0. The number of ether oxygens (including phenoxy) is 4. The van der Waals surface area contributed by atoms with Gasteiger partial charge in [-0.05, 0) is 24.3 Å². The maximum Gasteiger partial charge on any atom is 0.357 e. The van der Waals surface area contributed by atoms with Gasteiger partial charge in [-0.15, -0.1) is 0 Å². The van der Waals surface area contributed by atoms with Gasteiger partial charge in [0.2, 0.25) is 0 Å². The number of carbonyl (C=O) groups excluding carboxylic acids is 2. The standard InChI is InChI=1S/C21H20N2O6/c1-26-15-10-13(11-16(12-15)27-2)18-17(20(24)28-3)19(21(25)29-4)23(22-18)14-8-6-5-7-9-14/h5-12H,1-4H3. The average molecular weight is 396 g/mol. The van der Waals surface area contributed by atoms with Gasteiger partial charge in [0.1, 0.15) is 22.8 Å². The largest absolute Gasteiger partial charge is 0.497 e. The Labute approximate surface area is 167 Å². The van der Waals surface area contributed by atoms with E-state index in [1.54, 1.807) is 42.5 Å². The smallest absolute Gasteiger partial charge is 0.357 e. The van der Waals surface area contributed by atoms with E-state index < -0.39 is 11.9 Å². The van der Waals surface area contributed by atoms with Gasteiger partial charge in [-0.2, -0.15) is 5.10 Å². The molecule has 1 heterocycles. The topological polar surface area (TPSA) is 88.9 Å². The first-order chi connectivity index (χ1) is 14.0. The molecule has 3 rings (SSSR count). The first-order valence-electron chi connectivity index (χ1n) is 8.62. The number of carbonyl (C=O) groups is 2. The molecule has 0 radical (unpaired) electrons. The van der Waals surface area contributed by atoms with Crippen molar-refractivity contribution >= 4 is 11.9 Å². The number of benzene rings is 2. The molecule has 0 aliphatic heterocycles. The molecule has 0 bridgehead atoms. The van der Waals surface area contributed by atoms with Crippen LogP contribution in [-0.4, -0.2) is 50.2 Å². The summed E-state index contributed by atoms with van der Waals surface area (Å²) in [4.78, 5) is 25.3. The van der Waals surface area contributed by atoms with E-state index in [1.165, 1.54) is 33.1 Å². The molecule has 2 aromatic carbocycles. The van der Waals surface area contributed by atoms with Crippen LogP contribution < -0.4 is 9.47 Å². The summed E-state index contributed by atoms with van der Waals surface area (Å²) in [5.41, 5.74) is 1.28. The Balaban J connectivity index is 2.37. The van der Waals surface area contributed by atoms with Crippen LogP contribution in [0.15, 0.2) is 48.5 Å². The van der Waals surface area contributed by atoms with Crippen molar-refractivity contribution in [2.24, 2.45) is 0 Å². The molecule has 1 aromatic heterocycles. The number of aromatic nitrogens is 2. The third-order valence-corrected chi connectivity index (χ3v) is 4.28. The van der Waals surface area contributed by atoms with Crippen molar-refractivity contribution in [1.29, 1.82) is 0 Å². The van der Waals surface area contributed by atoms with Crippen LogP contribution in [0.5, 0.6) is 11.5 Å². The molecule has 8 nitrogen and oxygen atoms in total. The van der Waals surface area contributed by atoms with Gasteiger partial charge in [-0.25, -0.2) is 14.3 Å². The Morgan fingerprint density at radius 3 is 1.93 bits per heavy atom. The molecule has 29 heavy (non-hydrogen) atoms. The van der Waals surface area contributed by atoms with Gasteiger partial charge in [0.05, 0.1) is 34.1 Å². The Hall–Kier alpha value is -3.81. The molecule has 8 heteroatoms. The number of esters is 2. The Bertz CT molecular complexity index is 1020. The highest BCUT2D eigenvalue weighted by atomic mass is 16.5. The molecule has 0 unspecified atom stereocenters. The molecule has 0 saturated heterocycles. The van der Waals surface area contributed by atoms with Crippen molar-refractivity contribution in [3.05, 3.63) is 59.8 Å². The fourth-order valence-electron chi connectivity index (χ4n) is 2.90. The second-order valence-electron chi connectivity index (χ2n) is 5.90. The number of nitrogens with zero attached hydrogens (tertiary/aromatic N) is 2. The highest BCUT2D eigenvalue weighted by molar-refractivity contribution is 6.07.